The minimum Gasteiger partial charge on any atom is -0.454 e. The Hall–Kier alpha value is -2.02. The Balaban J connectivity index is 2.19. The first-order chi connectivity index (χ1) is 9.51. The molecular weight excluding hydrogens is 324 g/mol. The Labute approximate surface area is 125 Å². The van der Waals surface area contributed by atoms with Crippen molar-refractivity contribution in [2.24, 2.45) is 10.9 Å². The lowest BCUT2D eigenvalue weighted by Gasteiger charge is -2.07. The molecule has 0 fully saturated rings. The molecule has 1 aromatic heterocycles. The molecule has 6 nitrogen and oxygen atoms in total. The summed E-state index contributed by atoms with van der Waals surface area (Å²) in [6.45, 7) is 4.08. The van der Waals surface area contributed by atoms with Gasteiger partial charge in [-0.25, -0.2) is 0 Å². The smallest absolute Gasteiger partial charge is 0.171 e. The van der Waals surface area contributed by atoms with E-state index < -0.39 is 0 Å². The van der Waals surface area contributed by atoms with Crippen molar-refractivity contribution < 1.29 is 9.94 Å². The highest BCUT2D eigenvalue weighted by molar-refractivity contribution is 9.10. The van der Waals surface area contributed by atoms with Gasteiger partial charge in [0.15, 0.2) is 11.6 Å². The summed E-state index contributed by atoms with van der Waals surface area (Å²) in [6, 6.07) is 5.48. The highest BCUT2D eigenvalue weighted by Crippen LogP contribution is 2.27. The van der Waals surface area contributed by atoms with E-state index in [9.17, 15) is 0 Å². The van der Waals surface area contributed by atoms with Gasteiger partial charge >= 0.3 is 0 Å². The van der Waals surface area contributed by atoms with Crippen LogP contribution >= 0.6 is 15.9 Å². The third-order valence-electron chi connectivity index (χ3n) is 2.67. The summed E-state index contributed by atoms with van der Waals surface area (Å²) in [5.41, 5.74) is 6.15. The monoisotopic (exact) mass is 338 g/mol. The van der Waals surface area contributed by atoms with Crippen LogP contribution in [0.2, 0.25) is 0 Å². The third-order valence-corrected chi connectivity index (χ3v) is 3.32. The Morgan fingerprint density at radius 1 is 1.45 bits per heavy atom. The van der Waals surface area contributed by atoms with Gasteiger partial charge in [0.2, 0.25) is 0 Å². The van der Waals surface area contributed by atoms with E-state index in [0.29, 0.717) is 21.5 Å². The Morgan fingerprint density at radius 2 is 2.20 bits per heavy atom. The summed E-state index contributed by atoms with van der Waals surface area (Å²) in [4.78, 5) is 0. The summed E-state index contributed by atoms with van der Waals surface area (Å²) < 4.78 is 8.20. The van der Waals surface area contributed by atoms with Crippen molar-refractivity contribution in [3.63, 3.8) is 0 Å². The number of rotatable bonds is 4. The molecule has 0 saturated carbocycles. The number of ether oxygens (including phenoxy) is 1. The molecule has 3 N–H and O–H groups in total. The summed E-state index contributed by atoms with van der Waals surface area (Å²) in [5.74, 6) is 1.33. The van der Waals surface area contributed by atoms with Crippen molar-refractivity contribution in [3.8, 4) is 11.5 Å². The molecular formula is C13H15BrN4O2. The van der Waals surface area contributed by atoms with E-state index in [-0.39, 0.29) is 11.9 Å². The fourth-order valence-electron chi connectivity index (χ4n) is 1.61. The van der Waals surface area contributed by atoms with Crippen LogP contribution in [0.3, 0.4) is 0 Å². The Morgan fingerprint density at radius 3 is 2.75 bits per heavy atom. The lowest BCUT2D eigenvalue weighted by atomic mass is 10.2. The van der Waals surface area contributed by atoms with Crippen LogP contribution in [0.5, 0.6) is 11.5 Å². The van der Waals surface area contributed by atoms with E-state index in [4.69, 9.17) is 15.7 Å². The molecule has 20 heavy (non-hydrogen) atoms. The number of nitrogens with two attached hydrogens (primary N) is 1. The van der Waals surface area contributed by atoms with Crippen LogP contribution in [0.25, 0.3) is 0 Å². The average Bonchev–Trinajstić information content (AvgIpc) is 2.87. The molecule has 0 unspecified atom stereocenters. The maximum Gasteiger partial charge on any atom is 0.171 e. The normalized spacial score (nSPS) is 11.9. The molecule has 0 bridgehead atoms. The van der Waals surface area contributed by atoms with Crippen LogP contribution in [0.4, 0.5) is 0 Å². The van der Waals surface area contributed by atoms with Crippen LogP contribution in [0.15, 0.2) is 40.2 Å². The SMILES string of the molecule is CC(C)n1cc(Oc2ccc(/C(N)=N/O)c(Br)c2)cn1. The molecule has 0 radical (unpaired) electrons. The first-order valence-electron chi connectivity index (χ1n) is 6.00. The van der Waals surface area contributed by atoms with Crippen molar-refractivity contribution >= 4 is 21.8 Å². The van der Waals surface area contributed by atoms with Crippen molar-refractivity contribution in [1.29, 1.82) is 0 Å². The molecule has 0 spiro atoms. The number of benzene rings is 1. The molecule has 1 aromatic carbocycles. The first kappa shape index (κ1) is 14.4. The van der Waals surface area contributed by atoms with E-state index in [1.807, 2.05) is 24.7 Å². The number of oxime groups is 1. The lowest BCUT2D eigenvalue weighted by Crippen LogP contribution is -2.13. The maximum atomic E-state index is 8.67. The van der Waals surface area contributed by atoms with Gasteiger partial charge in [-0.3, -0.25) is 4.68 Å². The fourth-order valence-corrected chi connectivity index (χ4v) is 2.17. The van der Waals surface area contributed by atoms with Crippen LogP contribution < -0.4 is 10.5 Å². The molecule has 0 saturated heterocycles. The number of hydrogen-bond acceptors (Lipinski definition) is 4. The van der Waals surface area contributed by atoms with E-state index in [1.54, 1.807) is 24.4 Å². The van der Waals surface area contributed by atoms with E-state index in [1.165, 1.54) is 0 Å². The van der Waals surface area contributed by atoms with Crippen molar-refractivity contribution in [2.75, 3.05) is 0 Å². The molecule has 106 valence electrons. The van der Waals surface area contributed by atoms with Gasteiger partial charge < -0.3 is 15.7 Å². The highest BCUT2D eigenvalue weighted by atomic mass is 79.9. The van der Waals surface area contributed by atoms with Crippen molar-refractivity contribution in [3.05, 3.63) is 40.6 Å². The van der Waals surface area contributed by atoms with Gasteiger partial charge in [0.1, 0.15) is 5.75 Å². The molecule has 2 rings (SSSR count). The Bertz CT molecular complexity index is 637. The molecule has 0 amide bonds. The first-order valence-corrected chi connectivity index (χ1v) is 6.80. The summed E-state index contributed by atoms with van der Waals surface area (Å²) in [6.07, 6.45) is 3.49. The van der Waals surface area contributed by atoms with Gasteiger partial charge in [-0.1, -0.05) is 5.16 Å². The number of amidine groups is 1. The van der Waals surface area contributed by atoms with Gasteiger partial charge in [-0.2, -0.15) is 5.10 Å². The zero-order valence-corrected chi connectivity index (χ0v) is 12.7. The zero-order valence-electron chi connectivity index (χ0n) is 11.1. The van der Waals surface area contributed by atoms with E-state index in [2.05, 4.69) is 26.2 Å². The van der Waals surface area contributed by atoms with Crippen LogP contribution in [-0.4, -0.2) is 20.8 Å². The predicted molar refractivity (Wildman–Crippen MR) is 79.3 cm³/mol. The van der Waals surface area contributed by atoms with Gasteiger partial charge in [0.25, 0.3) is 0 Å². The van der Waals surface area contributed by atoms with E-state index in [0.717, 1.165) is 0 Å². The Kier molecular flexibility index (Phi) is 4.29. The van der Waals surface area contributed by atoms with Crippen molar-refractivity contribution in [1.82, 2.24) is 9.78 Å². The van der Waals surface area contributed by atoms with Gasteiger partial charge in [0.05, 0.1) is 12.4 Å². The third kappa shape index (κ3) is 3.11. The van der Waals surface area contributed by atoms with E-state index >= 15 is 0 Å². The largest absolute Gasteiger partial charge is 0.454 e. The molecule has 0 aliphatic carbocycles. The van der Waals surface area contributed by atoms with Crippen molar-refractivity contribution in [2.45, 2.75) is 19.9 Å². The molecule has 0 atom stereocenters. The van der Waals surface area contributed by atoms with Crippen LogP contribution in [0.1, 0.15) is 25.5 Å². The quantitative estimate of drug-likeness (QED) is 0.388. The predicted octanol–water partition coefficient (Wildman–Crippen LogP) is 3.11. The minimum absolute atomic E-state index is 0.0380. The van der Waals surface area contributed by atoms with Crippen LogP contribution in [0, 0.1) is 0 Å². The molecule has 0 aliphatic heterocycles. The topological polar surface area (TPSA) is 85.7 Å². The summed E-state index contributed by atoms with van der Waals surface area (Å²) in [5, 5.41) is 15.8. The number of halogens is 1. The lowest BCUT2D eigenvalue weighted by molar-refractivity contribution is 0.318. The summed E-state index contributed by atoms with van der Waals surface area (Å²) >= 11 is 3.36. The number of nitrogens with zero attached hydrogens (tertiary/aromatic N) is 3. The standard InChI is InChI=1S/C13H15BrN4O2/c1-8(2)18-7-10(6-16-18)20-9-3-4-11(12(14)5-9)13(15)17-19/h3-8,19H,1-2H3,(H2,15,17). The second-order valence-corrected chi connectivity index (χ2v) is 5.33. The highest BCUT2D eigenvalue weighted by Gasteiger charge is 2.08. The molecule has 0 aliphatic rings. The van der Waals surface area contributed by atoms with Gasteiger partial charge in [-0.05, 0) is 48.0 Å². The zero-order chi connectivity index (χ0) is 14.7. The molecule has 7 heteroatoms. The van der Waals surface area contributed by atoms with Crippen LogP contribution in [-0.2, 0) is 0 Å². The second kappa shape index (κ2) is 5.96. The molecule has 2 aromatic rings. The second-order valence-electron chi connectivity index (χ2n) is 4.48. The average molecular weight is 339 g/mol. The molecule has 1 heterocycles. The number of aromatic nitrogens is 2. The number of hydrogen-bond donors (Lipinski definition) is 2. The van der Waals surface area contributed by atoms with Gasteiger partial charge in [-0.15, -0.1) is 0 Å². The summed E-state index contributed by atoms with van der Waals surface area (Å²) in [7, 11) is 0. The van der Waals surface area contributed by atoms with Gasteiger partial charge in [0, 0.05) is 16.1 Å². The minimum atomic E-state index is 0.0380. The maximum absolute atomic E-state index is 8.67. The fraction of sp³-hybridized carbons (Fsp3) is 0.231.